The summed E-state index contributed by atoms with van der Waals surface area (Å²) in [6.45, 7) is 0. The number of nitrogens with one attached hydrogen (secondary N) is 1. The van der Waals surface area contributed by atoms with Crippen LogP contribution in [0.3, 0.4) is 0 Å². The quantitative estimate of drug-likeness (QED) is 0.499. The third kappa shape index (κ3) is 3.26. The minimum Gasteiger partial charge on any atom is -0.306 e. The molecular formula is C12H7FIN3O3. The zero-order chi connectivity index (χ0) is 14.7. The molecular weight excluding hydrogens is 380 g/mol. The van der Waals surface area contributed by atoms with Crippen LogP contribution < -0.4 is 5.32 Å². The van der Waals surface area contributed by atoms with E-state index < -0.39 is 22.3 Å². The molecule has 1 aromatic carbocycles. The van der Waals surface area contributed by atoms with Crippen molar-refractivity contribution in [2.75, 3.05) is 5.32 Å². The number of rotatable bonds is 3. The number of hydrogen-bond donors (Lipinski definition) is 1. The highest BCUT2D eigenvalue weighted by molar-refractivity contribution is 14.1. The predicted molar refractivity (Wildman–Crippen MR) is 78.0 cm³/mol. The molecule has 1 amide bonds. The van der Waals surface area contributed by atoms with Crippen molar-refractivity contribution in [1.82, 2.24) is 4.98 Å². The van der Waals surface area contributed by atoms with Gasteiger partial charge in [-0.25, -0.2) is 9.37 Å². The topological polar surface area (TPSA) is 85.1 Å². The summed E-state index contributed by atoms with van der Waals surface area (Å²) in [6, 6.07) is 6.05. The van der Waals surface area contributed by atoms with E-state index in [-0.39, 0.29) is 11.4 Å². The minimum absolute atomic E-state index is 0.225. The summed E-state index contributed by atoms with van der Waals surface area (Å²) in [6.07, 6.45) is 1.54. The lowest BCUT2D eigenvalue weighted by molar-refractivity contribution is -0.385. The van der Waals surface area contributed by atoms with Crippen molar-refractivity contribution in [2.24, 2.45) is 0 Å². The maximum Gasteiger partial charge on any atom is 0.285 e. The molecule has 0 atom stereocenters. The molecule has 0 unspecified atom stereocenters. The molecule has 8 heteroatoms. The second-order valence-electron chi connectivity index (χ2n) is 3.73. The lowest BCUT2D eigenvalue weighted by Gasteiger charge is -2.05. The van der Waals surface area contributed by atoms with Gasteiger partial charge in [-0.1, -0.05) is 0 Å². The molecule has 2 aromatic rings. The Bertz CT molecular complexity index is 676. The molecule has 102 valence electrons. The van der Waals surface area contributed by atoms with E-state index in [2.05, 4.69) is 32.9 Å². The van der Waals surface area contributed by atoms with Crippen LogP contribution >= 0.6 is 22.6 Å². The first-order valence-electron chi connectivity index (χ1n) is 5.34. The number of hydrogen-bond acceptors (Lipinski definition) is 4. The normalized spacial score (nSPS) is 10.1. The molecule has 0 aliphatic heterocycles. The van der Waals surface area contributed by atoms with Crippen molar-refractivity contribution in [2.45, 2.75) is 0 Å². The average Bonchev–Trinajstić information content (AvgIpc) is 2.41. The van der Waals surface area contributed by atoms with E-state index in [0.29, 0.717) is 6.07 Å². The van der Waals surface area contributed by atoms with Gasteiger partial charge >= 0.3 is 0 Å². The smallest absolute Gasteiger partial charge is 0.285 e. The monoisotopic (exact) mass is 387 g/mol. The lowest BCUT2D eigenvalue weighted by Crippen LogP contribution is -2.15. The molecule has 0 bridgehead atoms. The number of nitro groups is 1. The second kappa shape index (κ2) is 5.90. The summed E-state index contributed by atoms with van der Waals surface area (Å²) in [4.78, 5) is 25.9. The Morgan fingerprint density at radius 3 is 2.70 bits per heavy atom. The molecule has 0 saturated carbocycles. The molecule has 0 radical (unpaired) electrons. The van der Waals surface area contributed by atoms with Crippen molar-refractivity contribution in [3.05, 3.63) is 61.6 Å². The van der Waals surface area contributed by atoms with Crippen LogP contribution in [-0.2, 0) is 0 Å². The zero-order valence-electron chi connectivity index (χ0n) is 9.84. The standard InChI is InChI=1S/C12H7FIN3O3/c13-7-1-3-9(10(5-7)17(19)20)12(18)16-11-4-2-8(14)6-15-11/h1-6H,(H,15,16,18). The predicted octanol–water partition coefficient (Wildman–Crippen LogP) is 2.99. The Hall–Kier alpha value is -2.10. The van der Waals surface area contributed by atoms with Crippen LogP contribution in [0.2, 0.25) is 0 Å². The third-order valence-electron chi connectivity index (χ3n) is 2.37. The summed E-state index contributed by atoms with van der Waals surface area (Å²) in [5.74, 6) is -1.24. The van der Waals surface area contributed by atoms with Gasteiger partial charge in [-0.2, -0.15) is 0 Å². The number of nitro benzene ring substituents is 1. The van der Waals surface area contributed by atoms with Crippen LogP contribution in [0.5, 0.6) is 0 Å². The highest BCUT2D eigenvalue weighted by Gasteiger charge is 2.21. The van der Waals surface area contributed by atoms with Gasteiger partial charge in [0.1, 0.15) is 17.2 Å². The Morgan fingerprint density at radius 1 is 1.35 bits per heavy atom. The first kappa shape index (κ1) is 14.3. The maximum absolute atomic E-state index is 13.0. The van der Waals surface area contributed by atoms with E-state index in [1.54, 1.807) is 12.1 Å². The van der Waals surface area contributed by atoms with Crippen LogP contribution in [0.1, 0.15) is 10.4 Å². The second-order valence-corrected chi connectivity index (χ2v) is 4.98. The SMILES string of the molecule is O=C(Nc1ccc(I)cn1)c1ccc(F)cc1[N+](=O)[O-]. The fraction of sp³-hybridized carbons (Fsp3) is 0. The summed E-state index contributed by atoms with van der Waals surface area (Å²) in [5, 5.41) is 13.2. The number of aromatic nitrogens is 1. The lowest BCUT2D eigenvalue weighted by atomic mass is 10.1. The van der Waals surface area contributed by atoms with Gasteiger partial charge in [0.25, 0.3) is 11.6 Å². The van der Waals surface area contributed by atoms with Gasteiger partial charge in [0.15, 0.2) is 0 Å². The molecule has 20 heavy (non-hydrogen) atoms. The van der Waals surface area contributed by atoms with E-state index in [1.807, 2.05) is 0 Å². The van der Waals surface area contributed by atoms with E-state index >= 15 is 0 Å². The Balaban J connectivity index is 2.29. The van der Waals surface area contributed by atoms with Crippen molar-refractivity contribution < 1.29 is 14.1 Å². The van der Waals surface area contributed by atoms with E-state index in [0.717, 1.165) is 15.7 Å². The molecule has 1 N–H and O–H groups in total. The van der Waals surface area contributed by atoms with Gasteiger partial charge in [0.2, 0.25) is 0 Å². The molecule has 1 aromatic heterocycles. The number of anilines is 1. The molecule has 1 heterocycles. The van der Waals surface area contributed by atoms with Crippen molar-refractivity contribution in [1.29, 1.82) is 0 Å². The minimum atomic E-state index is -0.806. The number of pyridine rings is 1. The summed E-state index contributed by atoms with van der Waals surface area (Å²) < 4.78 is 13.9. The fourth-order valence-corrected chi connectivity index (χ4v) is 1.80. The van der Waals surface area contributed by atoms with E-state index in [1.165, 1.54) is 6.20 Å². The highest BCUT2D eigenvalue weighted by Crippen LogP contribution is 2.21. The average molecular weight is 387 g/mol. The van der Waals surface area contributed by atoms with Crippen LogP contribution in [0.15, 0.2) is 36.5 Å². The summed E-state index contributed by atoms with van der Waals surface area (Å²) in [5.41, 5.74) is -0.815. The molecule has 0 aliphatic carbocycles. The number of carbonyl (C=O) groups is 1. The number of amides is 1. The van der Waals surface area contributed by atoms with Gasteiger partial charge in [-0.3, -0.25) is 14.9 Å². The number of carbonyl (C=O) groups excluding carboxylic acids is 1. The van der Waals surface area contributed by atoms with Crippen molar-refractivity contribution in [3.8, 4) is 0 Å². The zero-order valence-corrected chi connectivity index (χ0v) is 12.0. The first-order chi connectivity index (χ1) is 9.47. The largest absolute Gasteiger partial charge is 0.306 e. The molecule has 0 saturated heterocycles. The summed E-state index contributed by atoms with van der Waals surface area (Å²) >= 11 is 2.05. The first-order valence-corrected chi connectivity index (χ1v) is 6.42. The van der Waals surface area contributed by atoms with Crippen LogP contribution in [-0.4, -0.2) is 15.8 Å². The number of benzene rings is 1. The third-order valence-corrected chi connectivity index (χ3v) is 3.01. The maximum atomic E-state index is 13.0. The highest BCUT2D eigenvalue weighted by atomic mass is 127. The summed E-state index contributed by atoms with van der Waals surface area (Å²) in [7, 11) is 0. The molecule has 2 rings (SSSR count). The Kier molecular flexibility index (Phi) is 4.23. The van der Waals surface area contributed by atoms with Gasteiger partial charge < -0.3 is 5.32 Å². The van der Waals surface area contributed by atoms with Gasteiger partial charge in [-0.05, 0) is 46.9 Å². The molecule has 0 aliphatic rings. The van der Waals surface area contributed by atoms with Crippen LogP contribution in [0.25, 0.3) is 0 Å². The number of halogens is 2. The van der Waals surface area contributed by atoms with E-state index in [9.17, 15) is 19.3 Å². The Labute approximate surface area is 126 Å². The van der Waals surface area contributed by atoms with Crippen molar-refractivity contribution in [3.63, 3.8) is 0 Å². The fourth-order valence-electron chi connectivity index (χ4n) is 1.48. The van der Waals surface area contributed by atoms with Gasteiger partial charge in [0.05, 0.1) is 11.0 Å². The molecule has 6 nitrogen and oxygen atoms in total. The van der Waals surface area contributed by atoms with Crippen LogP contribution in [0.4, 0.5) is 15.9 Å². The van der Waals surface area contributed by atoms with Crippen molar-refractivity contribution >= 4 is 40.0 Å². The van der Waals surface area contributed by atoms with Gasteiger partial charge in [0, 0.05) is 9.77 Å². The van der Waals surface area contributed by atoms with E-state index in [4.69, 9.17) is 0 Å². The molecule has 0 spiro atoms. The number of nitrogens with zero attached hydrogens (tertiary/aromatic N) is 2. The van der Waals surface area contributed by atoms with Crippen LogP contribution in [0, 0.1) is 19.5 Å². The molecule has 0 fully saturated rings. The Morgan fingerprint density at radius 2 is 2.10 bits per heavy atom. The van der Waals surface area contributed by atoms with Gasteiger partial charge in [-0.15, -0.1) is 0 Å².